The quantitative estimate of drug-likeness (QED) is 0.834. The second-order valence-electron chi connectivity index (χ2n) is 11.3. The first-order valence-electron chi connectivity index (χ1n) is 12.0. The Hall–Kier alpha value is -1.29. The third kappa shape index (κ3) is 2.70. The molecule has 1 heterocycles. The van der Waals surface area contributed by atoms with Crippen LogP contribution in [0.25, 0.3) is 0 Å². The highest BCUT2D eigenvalue weighted by Crippen LogP contribution is 2.68. The number of hydrogen-bond acceptors (Lipinski definition) is 4. The molecule has 1 aromatic heterocycles. The molecule has 9 atom stereocenters. The Morgan fingerprint density at radius 3 is 2.52 bits per heavy atom. The van der Waals surface area contributed by atoms with Crippen LogP contribution in [-0.4, -0.2) is 26.5 Å². The third-order valence-corrected chi connectivity index (χ3v) is 10.3. The molecular weight excluding hydrogens is 360 g/mol. The minimum atomic E-state index is -0.275. The molecule has 1 aromatic rings. The lowest BCUT2D eigenvalue weighted by molar-refractivity contribution is -0.130. The molecule has 0 spiro atoms. The molecule has 1 N–H and O–H groups in total. The Morgan fingerprint density at radius 2 is 1.76 bits per heavy atom. The molecule has 156 valence electrons. The van der Waals surface area contributed by atoms with Gasteiger partial charge in [-0.05, 0) is 98.7 Å². The number of ketones is 1. The molecule has 4 nitrogen and oxygen atoms in total. The minimum Gasteiger partial charge on any atom is -0.390 e. The average Bonchev–Trinajstić information content (AvgIpc) is 3.29. The van der Waals surface area contributed by atoms with E-state index in [0.29, 0.717) is 18.1 Å². The van der Waals surface area contributed by atoms with Crippen molar-refractivity contribution in [3.63, 3.8) is 0 Å². The van der Waals surface area contributed by atoms with E-state index in [1.54, 1.807) is 18.6 Å². The molecule has 0 radical (unpaired) electrons. The molecule has 4 heteroatoms. The van der Waals surface area contributed by atoms with Crippen LogP contribution in [0.2, 0.25) is 0 Å². The topological polar surface area (TPSA) is 63.1 Å². The molecule has 5 saturated carbocycles. The van der Waals surface area contributed by atoms with Gasteiger partial charge in [0, 0.05) is 24.5 Å². The third-order valence-electron chi connectivity index (χ3n) is 10.3. The maximum atomic E-state index is 13.3. The van der Waals surface area contributed by atoms with Gasteiger partial charge in [-0.15, -0.1) is 0 Å². The Kier molecular flexibility index (Phi) is 4.05. The average molecular weight is 395 g/mol. The number of fused-ring (bicyclic) bond motifs is 7. The number of aromatic nitrogens is 2. The van der Waals surface area contributed by atoms with Gasteiger partial charge in [-0.25, -0.2) is 0 Å². The van der Waals surface area contributed by atoms with Crippen molar-refractivity contribution in [3.8, 4) is 0 Å². The van der Waals surface area contributed by atoms with E-state index >= 15 is 0 Å². The fourth-order valence-corrected chi connectivity index (χ4v) is 8.94. The van der Waals surface area contributed by atoms with Crippen LogP contribution in [0.3, 0.4) is 0 Å². The molecule has 9 unspecified atom stereocenters. The van der Waals surface area contributed by atoms with Gasteiger partial charge in [0.15, 0.2) is 0 Å². The summed E-state index contributed by atoms with van der Waals surface area (Å²) in [4.78, 5) is 21.7. The van der Waals surface area contributed by atoms with E-state index in [1.807, 2.05) is 0 Å². The number of nitrogens with zero attached hydrogens (tertiary/aromatic N) is 2. The fourth-order valence-electron chi connectivity index (χ4n) is 8.94. The van der Waals surface area contributed by atoms with Crippen molar-refractivity contribution in [2.45, 2.75) is 76.7 Å². The Balaban J connectivity index is 1.20. The highest BCUT2D eigenvalue weighted by molar-refractivity contribution is 5.84. The van der Waals surface area contributed by atoms with Gasteiger partial charge in [-0.2, -0.15) is 0 Å². The summed E-state index contributed by atoms with van der Waals surface area (Å²) in [6, 6.07) is 0. The van der Waals surface area contributed by atoms with Crippen LogP contribution in [0.1, 0.15) is 70.4 Å². The predicted molar refractivity (Wildman–Crippen MR) is 110 cm³/mol. The van der Waals surface area contributed by atoms with Crippen LogP contribution in [0.4, 0.5) is 0 Å². The molecular formula is C25H34N2O2. The number of Topliss-reactive ketones (excluding diaryl/α,β-unsaturated/α-hetero) is 1. The number of aliphatic hydroxyl groups is 1. The van der Waals surface area contributed by atoms with E-state index in [4.69, 9.17) is 0 Å². The van der Waals surface area contributed by atoms with Crippen LogP contribution in [0.15, 0.2) is 18.6 Å². The highest BCUT2D eigenvalue weighted by atomic mass is 16.3. The molecule has 0 bridgehead atoms. The zero-order valence-electron chi connectivity index (χ0n) is 17.6. The van der Waals surface area contributed by atoms with Crippen molar-refractivity contribution < 1.29 is 9.90 Å². The predicted octanol–water partition coefficient (Wildman–Crippen LogP) is 4.22. The number of carbonyl (C=O) groups is 1. The first-order valence-corrected chi connectivity index (χ1v) is 12.0. The lowest BCUT2D eigenvalue weighted by Crippen LogP contribution is -2.50. The lowest BCUT2D eigenvalue weighted by atomic mass is 9.49. The summed E-state index contributed by atoms with van der Waals surface area (Å²) in [5.41, 5.74) is 0.725. The van der Waals surface area contributed by atoms with Gasteiger partial charge in [-0.3, -0.25) is 14.8 Å². The molecule has 0 amide bonds. The van der Waals surface area contributed by atoms with Gasteiger partial charge in [0.2, 0.25) is 0 Å². The van der Waals surface area contributed by atoms with E-state index in [1.165, 1.54) is 38.5 Å². The first kappa shape index (κ1) is 18.5. The molecule has 5 aliphatic carbocycles. The van der Waals surface area contributed by atoms with Crippen molar-refractivity contribution in [2.24, 2.45) is 46.8 Å². The maximum Gasteiger partial charge on any atom is 0.142 e. The summed E-state index contributed by atoms with van der Waals surface area (Å²) < 4.78 is 0. The van der Waals surface area contributed by atoms with E-state index in [-0.39, 0.29) is 16.9 Å². The van der Waals surface area contributed by atoms with Crippen molar-refractivity contribution in [2.75, 3.05) is 0 Å². The largest absolute Gasteiger partial charge is 0.390 e. The van der Waals surface area contributed by atoms with E-state index in [0.717, 1.165) is 54.5 Å². The molecule has 0 saturated heterocycles. The van der Waals surface area contributed by atoms with Crippen molar-refractivity contribution in [3.05, 3.63) is 24.3 Å². The van der Waals surface area contributed by atoms with Crippen LogP contribution in [-0.2, 0) is 11.2 Å². The van der Waals surface area contributed by atoms with E-state index in [2.05, 4.69) is 16.9 Å². The monoisotopic (exact) mass is 394 g/mol. The molecule has 0 aliphatic heterocycles. The Bertz CT molecular complexity index is 812. The summed E-state index contributed by atoms with van der Waals surface area (Å²) in [5, 5.41) is 10.6. The summed E-state index contributed by atoms with van der Waals surface area (Å²) in [5.74, 6) is 5.23. The van der Waals surface area contributed by atoms with Gasteiger partial charge in [0.1, 0.15) is 5.78 Å². The molecule has 5 aliphatic rings. The smallest absolute Gasteiger partial charge is 0.142 e. The molecule has 6 rings (SSSR count). The van der Waals surface area contributed by atoms with Crippen LogP contribution in [0, 0.1) is 46.8 Å². The van der Waals surface area contributed by atoms with Crippen LogP contribution in [0.5, 0.6) is 0 Å². The zero-order valence-corrected chi connectivity index (χ0v) is 17.6. The Morgan fingerprint density at radius 1 is 1.00 bits per heavy atom. The number of hydrogen-bond donors (Lipinski definition) is 1. The van der Waals surface area contributed by atoms with Gasteiger partial charge in [-0.1, -0.05) is 6.92 Å². The summed E-state index contributed by atoms with van der Waals surface area (Å²) >= 11 is 0. The first-order chi connectivity index (χ1) is 14.0. The van der Waals surface area contributed by atoms with Gasteiger partial charge < -0.3 is 5.11 Å². The van der Waals surface area contributed by atoms with E-state index < -0.39 is 0 Å². The lowest BCUT2D eigenvalue weighted by Gasteiger charge is -2.56. The summed E-state index contributed by atoms with van der Waals surface area (Å²) in [7, 11) is 0. The van der Waals surface area contributed by atoms with Crippen LogP contribution < -0.4 is 0 Å². The summed E-state index contributed by atoms with van der Waals surface area (Å²) in [6.07, 6.45) is 16.4. The molecule has 5 fully saturated rings. The van der Waals surface area contributed by atoms with E-state index in [9.17, 15) is 9.90 Å². The standard InChI is InChI=1S/C25H34N2O2/c1-24-8-6-16-17-7-9-25(29)13-22(25)19(17)3-2-18(16)20(24)4-5-21(24)23(28)12-15-14-26-10-11-27-15/h10-11,14,16-22,29H,2-9,12-13H2,1H3. The maximum absolute atomic E-state index is 13.3. The minimum absolute atomic E-state index is 0.183. The van der Waals surface area contributed by atoms with Gasteiger partial charge in [0.25, 0.3) is 0 Å². The van der Waals surface area contributed by atoms with Crippen molar-refractivity contribution in [1.29, 1.82) is 0 Å². The number of rotatable bonds is 3. The fraction of sp³-hybridized carbons (Fsp3) is 0.800. The second-order valence-corrected chi connectivity index (χ2v) is 11.3. The Labute approximate surface area is 173 Å². The van der Waals surface area contributed by atoms with Gasteiger partial charge in [0.05, 0.1) is 17.7 Å². The molecule has 0 aromatic carbocycles. The van der Waals surface area contributed by atoms with Crippen molar-refractivity contribution >= 4 is 5.78 Å². The SMILES string of the molecule is CC12CCC3C4CCC5(O)CC5C4CCC3C1CCC2C(=O)Cc1cnccn1. The summed E-state index contributed by atoms with van der Waals surface area (Å²) in [6.45, 7) is 2.44. The normalized spacial score (nSPS) is 50.1. The second kappa shape index (κ2) is 6.35. The molecule has 29 heavy (non-hydrogen) atoms. The van der Waals surface area contributed by atoms with Crippen LogP contribution >= 0.6 is 0 Å². The van der Waals surface area contributed by atoms with Crippen molar-refractivity contribution in [1.82, 2.24) is 9.97 Å². The van der Waals surface area contributed by atoms with Gasteiger partial charge >= 0.3 is 0 Å². The number of carbonyl (C=O) groups excluding carboxylic acids is 1. The zero-order chi connectivity index (χ0) is 19.8. The highest BCUT2D eigenvalue weighted by Gasteiger charge is 2.65.